The van der Waals surface area contributed by atoms with Crippen molar-refractivity contribution in [1.82, 2.24) is 10.2 Å². The SMILES string of the molecule is COc1ccc(S(=O)(=O)CC(=O)Nc2nnc(Cc3ccc(C)cc3)o2)cc1. The minimum atomic E-state index is -3.81. The zero-order chi connectivity index (χ0) is 20.1. The number of carbonyl (C=O) groups is 1. The van der Waals surface area contributed by atoms with Gasteiger partial charge in [-0.2, -0.15) is 0 Å². The molecule has 0 aliphatic carbocycles. The van der Waals surface area contributed by atoms with Crippen molar-refractivity contribution >= 4 is 21.8 Å². The van der Waals surface area contributed by atoms with Gasteiger partial charge in [0.2, 0.25) is 11.8 Å². The number of sulfone groups is 1. The van der Waals surface area contributed by atoms with E-state index in [2.05, 4.69) is 15.5 Å². The topological polar surface area (TPSA) is 111 Å². The fourth-order valence-electron chi connectivity index (χ4n) is 2.45. The van der Waals surface area contributed by atoms with Crippen LogP contribution in [-0.2, 0) is 21.1 Å². The zero-order valence-corrected chi connectivity index (χ0v) is 16.2. The van der Waals surface area contributed by atoms with Crippen LogP contribution < -0.4 is 10.1 Å². The number of carbonyl (C=O) groups excluding carboxylic acids is 1. The van der Waals surface area contributed by atoms with E-state index in [-0.39, 0.29) is 10.9 Å². The molecule has 0 atom stereocenters. The first-order chi connectivity index (χ1) is 13.4. The van der Waals surface area contributed by atoms with Gasteiger partial charge in [-0.05, 0) is 36.8 Å². The van der Waals surface area contributed by atoms with Crippen molar-refractivity contribution in [3.63, 3.8) is 0 Å². The molecule has 8 nitrogen and oxygen atoms in total. The summed E-state index contributed by atoms with van der Waals surface area (Å²) < 4.78 is 35.0. The molecule has 0 unspecified atom stereocenters. The molecule has 0 fully saturated rings. The lowest BCUT2D eigenvalue weighted by molar-refractivity contribution is -0.114. The van der Waals surface area contributed by atoms with Gasteiger partial charge in [-0.25, -0.2) is 8.42 Å². The Hall–Kier alpha value is -3.20. The number of nitrogens with one attached hydrogen (secondary N) is 1. The van der Waals surface area contributed by atoms with Crippen LogP contribution in [0.1, 0.15) is 17.0 Å². The molecule has 0 aliphatic heterocycles. The monoisotopic (exact) mass is 401 g/mol. The fourth-order valence-corrected chi connectivity index (χ4v) is 3.59. The summed E-state index contributed by atoms with van der Waals surface area (Å²) in [6.45, 7) is 1.99. The van der Waals surface area contributed by atoms with Gasteiger partial charge in [0.15, 0.2) is 9.84 Å². The van der Waals surface area contributed by atoms with Crippen molar-refractivity contribution in [1.29, 1.82) is 0 Å². The van der Waals surface area contributed by atoms with Gasteiger partial charge < -0.3 is 9.15 Å². The lowest BCUT2D eigenvalue weighted by Gasteiger charge is -2.05. The first-order valence-electron chi connectivity index (χ1n) is 8.40. The molecule has 0 bridgehead atoms. The zero-order valence-electron chi connectivity index (χ0n) is 15.4. The Balaban J connectivity index is 1.61. The number of hydrogen-bond donors (Lipinski definition) is 1. The number of nitrogens with zero attached hydrogens (tertiary/aromatic N) is 2. The average Bonchev–Trinajstić information content (AvgIpc) is 3.09. The Morgan fingerprint density at radius 3 is 2.39 bits per heavy atom. The van der Waals surface area contributed by atoms with Crippen LogP contribution in [0.4, 0.5) is 6.01 Å². The van der Waals surface area contributed by atoms with E-state index < -0.39 is 21.5 Å². The lowest BCUT2D eigenvalue weighted by atomic mass is 10.1. The molecule has 0 saturated heterocycles. The summed E-state index contributed by atoms with van der Waals surface area (Å²) in [4.78, 5) is 12.1. The predicted octanol–water partition coefficient (Wildman–Crippen LogP) is 2.39. The number of methoxy groups -OCH3 is 1. The van der Waals surface area contributed by atoms with Crippen molar-refractivity contribution in [2.75, 3.05) is 18.2 Å². The molecule has 1 aromatic heterocycles. The van der Waals surface area contributed by atoms with Gasteiger partial charge in [0.25, 0.3) is 0 Å². The first kappa shape index (κ1) is 19.6. The minimum Gasteiger partial charge on any atom is -0.497 e. The number of rotatable bonds is 7. The standard InChI is InChI=1S/C19H19N3O5S/c1-13-3-5-14(6-4-13)11-18-21-22-19(27-18)20-17(23)12-28(24,25)16-9-7-15(26-2)8-10-16/h3-10H,11-12H2,1-2H3,(H,20,22,23). The quantitative estimate of drug-likeness (QED) is 0.647. The highest BCUT2D eigenvalue weighted by Crippen LogP contribution is 2.17. The minimum absolute atomic E-state index is 0.0223. The van der Waals surface area contributed by atoms with Crippen LogP contribution >= 0.6 is 0 Å². The second-order valence-corrected chi connectivity index (χ2v) is 8.14. The second kappa shape index (κ2) is 8.22. The van der Waals surface area contributed by atoms with Gasteiger partial charge in [0.1, 0.15) is 11.5 Å². The van der Waals surface area contributed by atoms with Gasteiger partial charge >= 0.3 is 6.01 Å². The maximum Gasteiger partial charge on any atom is 0.322 e. The van der Waals surface area contributed by atoms with Crippen LogP contribution in [0.3, 0.4) is 0 Å². The van der Waals surface area contributed by atoms with Gasteiger partial charge in [0.05, 0.1) is 18.4 Å². The average molecular weight is 401 g/mol. The maximum absolute atomic E-state index is 12.3. The van der Waals surface area contributed by atoms with Crippen molar-refractivity contribution < 1.29 is 22.4 Å². The summed E-state index contributed by atoms with van der Waals surface area (Å²) in [5.74, 6) is -0.663. The summed E-state index contributed by atoms with van der Waals surface area (Å²) in [7, 11) is -2.33. The van der Waals surface area contributed by atoms with Crippen LogP contribution in [0, 0.1) is 6.92 Å². The van der Waals surface area contributed by atoms with E-state index in [1.807, 2.05) is 31.2 Å². The van der Waals surface area contributed by atoms with Crippen LogP contribution in [0.25, 0.3) is 0 Å². The Kier molecular flexibility index (Phi) is 5.74. The van der Waals surface area contributed by atoms with E-state index in [0.29, 0.717) is 18.1 Å². The lowest BCUT2D eigenvalue weighted by Crippen LogP contribution is -2.23. The van der Waals surface area contributed by atoms with E-state index in [0.717, 1.165) is 11.1 Å². The van der Waals surface area contributed by atoms with Crippen LogP contribution in [-0.4, -0.2) is 37.4 Å². The molecule has 0 aliphatic rings. The van der Waals surface area contributed by atoms with Crippen molar-refractivity contribution in [3.8, 4) is 5.75 Å². The molecule has 0 spiro atoms. The first-order valence-corrected chi connectivity index (χ1v) is 10.1. The van der Waals surface area contributed by atoms with Gasteiger partial charge in [-0.1, -0.05) is 34.9 Å². The summed E-state index contributed by atoms with van der Waals surface area (Å²) in [6, 6.07) is 13.5. The number of ether oxygens (including phenoxy) is 1. The highest BCUT2D eigenvalue weighted by molar-refractivity contribution is 7.92. The van der Waals surface area contributed by atoms with Crippen molar-refractivity contribution in [3.05, 3.63) is 65.5 Å². The number of aromatic nitrogens is 2. The van der Waals surface area contributed by atoms with E-state index in [1.165, 1.54) is 31.4 Å². The van der Waals surface area contributed by atoms with Gasteiger partial charge in [0, 0.05) is 0 Å². The summed E-state index contributed by atoms with van der Waals surface area (Å²) in [6.07, 6.45) is 0.410. The Labute approximate surface area is 162 Å². The predicted molar refractivity (Wildman–Crippen MR) is 102 cm³/mol. The highest BCUT2D eigenvalue weighted by Gasteiger charge is 2.21. The molecule has 9 heteroatoms. The summed E-state index contributed by atoms with van der Waals surface area (Å²) >= 11 is 0. The third kappa shape index (κ3) is 4.95. The smallest absolute Gasteiger partial charge is 0.322 e. The van der Waals surface area contributed by atoms with E-state index in [9.17, 15) is 13.2 Å². The molecule has 3 rings (SSSR count). The Morgan fingerprint density at radius 1 is 1.07 bits per heavy atom. The number of benzene rings is 2. The van der Waals surface area contributed by atoms with E-state index in [4.69, 9.17) is 9.15 Å². The van der Waals surface area contributed by atoms with Gasteiger partial charge in [-0.15, -0.1) is 5.10 Å². The number of hydrogen-bond acceptors (Lipinski definition) is 7. The van der Waals surface area contributed by atoms with E-state index in [1.54, 1.807) is 0 Å². The molecule has 0 radical (unpaired) electrons. The largest absolute Gasteiger partial charge is 0.497 e. The summed E-state index contributed by atoms with van der Waals surface area (Å²) in [5.41, 5.74) is 2.12. The Morgan fingerprint density at radius 2 is 1.75 bits per heavy atom. The molecule has 1 heterocycles. The number of aryl methyl sites for hydroxylation is 1. The summed E-state index contributed by atoms with van der Waals surface area (Å²) in [5, 5.41) is 9.92. The highest BCUT2D eigenvalue weighted by atomic mass is 32.2. The van der Waals surface area contributed by atoms with Crippen LogP contribution in [0.15, 0.2) is 57.8 Å². The number of amides is 1. The third-order valence-electron chi connectivity index (χ3n) is 3.93. The number of anilines is 1. The molecule has 1 N–H and O–H groups in total. The van der Waals surface area contributed by atoms with Crippen LogP contribution in [0.5, 0.6) is 5.75 Å². The molecule has 28 heavy (non-hydrogen) atoms. The molecular weight excluding hydrogens is 382 g/mol. The van der Waals surface area contributed by atoms with Crippen molar-refractivity contribution in [2.45, 2.75) is 18.2 Å². The molecule has 0 saturated carbocycles. The normalized spacial score (nSPS) is 11.2. The maximum atomic E-state index is 12.3. The molecule has 1 amide bonds. The molecule has 2 aromatic carbocycles. The van der Waals surface area contributed by atoms with Crippen LogP contribution in [0.2, 0.25) is 0 Å². The fraction of sp³-hybridized carbons (Fsp3) is 0.211. The molecule has 3 aromatic rings. The Bertz CT molecular complexity index is 1060. The third-order valence-corrected chi connectivity index (χ3v) is 5.56. The second-order valence-electron chi connectivity index (χ2n) is 6.15. The van der Waals surface area contributed by atoms with Gasteiger partial charge in [-0.3, -0.25) is 10.1 Å². The van der Waals surface area contributed by atoms with E-state index >= 15 is 0 Å². The molecule has 146 valence electrons. The molecular formula is C19H19N3O5S. The van der Waals surface area contributed by atoms with Crippen molar-refractivity contribution in [2.24, 2.45) is 0 Å².